The number of aliphatic hydroxyl groups is 1. The molecular weight excluding hydrogens is 257 g/mol. The fraction of sp³-hybridized carbons (Fsp3) is 0.625. The lowest BCUT2D eigenvalue weighted by Crippen LogP contribution is -2.57. The Morgan fingerprint density at radius 2 is 2.15 bits per heavy atom. The minimum atomic E-state index is -0.424. The summed E-state index contributed by atoms with van der Waals surface area (Å²) in [5, 5.41) is 13.3. The zero-order valence-corrected chi connectivity index (χ0v) is 12.4. The molecule has 1 atom stereocenters. The molecule has 0 radical (unpaired) electrons. The number of nitrogens with one attached hydrogen (secondary N) is 1. The molecule has 0 aromatic heterocycles. The molecule has 1 aromatic carbocycles. The van der Waals surface area contributed by atoms with Crippen molar-refractivity contribution in [2.24, 2.45) is 5.92 Å². The van der Waals surface area contributed by atoms with Crippen LogP contribution in [-0.4, -0.2) is 29.9 Å². The van der Waals surface area contributed by atoms with Gasteiger partial charge in [0.15, 0.2) is 0 Å². The van der Waals surface area contributed by atoms with Crippen molar-refractivity contribution in [1.29, 1.82) is 0 Å². The van der Waals surface area contributed by atoms with E-state index in [0.29, 0.717) is 18.3 Å². The van der Waals surface area contributed by atoms with Gasteiger partial charge in [-0.25, -0.2) is 4.39 Å². The van der Waals surface area contributed by atoms with E-state index in [0.717, 1.165) is 18.4 Å². The standard InChI is InChI=1S/C16H24FNO2/c1-11(2)18-16(9-19,13-5-6-13)10-20-15-8-14(17)7-4-12(15)3/h4,7-8,11,13,18-19H,5-6,9-10H2,1-3H3. The van der Waals surface area contributed by atoms with Gasteiger partial charge in [-0.15, -0.1) is 0 Å². The van der Waals surface area contributed by atoms with Crippen LogP contribution in [0, 0.1) is 18.7 Å². The molecule has 0 amide bonds. The highest BCUT2D eigenvalue weighted by Crippen LogP contribution is 2.40. The van der Waals surface area contributed by atoms with Crippen LogP contribution in [0.2, 0.25) is 0 Å². The van der Waals surface area contributed by atoms with E-state index in [9.17, 15) is 9.50 Å². The Labute approximate surface area is 120 Å². The molecule has 2 N–H and O–H groups in total. The van der Waals surface area contributed by atoms with Gasteiger partial charge in [0.2, 0.25) is 0 Å². The largest absolute Gasteiger partial charge is 0.491 e. The van der Waals surface area contributed by atoms with Gasteiger partial charge in [-0.1, -0.05) is 19.9 Å². The number of aliphatic hydroxyl groups excluding tert-OH is 1. The van der Waals surface area contributed by atoms with Crippen molar-refractivity contribution in [3.8, 4) is 5.75 Å². The maximum absolute atomic E-state index is 13.3. The minimum absolute atomic E-state index is 0.0320. The van der Waals surface area contributed by atoms with Crippen LogP contribution in [-0.2, 0) is 0 Å². The SMILES string of the molecule is Cc1ccc(F)cc1OCC(CO)(NC(C)C)C1CC1. The summed E-state index contributed by atoms with van der Waals surface area (Å²) < 4.78 is 19.1. The number of aryl methyl sites for hydroxylation is 1. The van der Waals surface area contributed by atoms with Crippen LogP contribution in [0.15, 0.2) is 18.2 Å². The maximum atomic E-state index is 13.3. The fourth-order valence-corrected chi connectivity index (χ4v) is 2.64. The van der Waals surface area contributed by atoms with Gasteiger partial charge in [0.05, 0.1) is 12.1 Å². The Balaban J connectivity index is 2.10. The van der Waals surface area contributed by atoms with Gasteiger partial charge in [-0.3, -0.25) is 0 Å². The third-order valence-electron chi connectivity index (χ3n) is 3.85. The molecule has 1 saturated carbocycles. The van der Waals surface area contributed by atoms with Gasteiger partial charge < -0.3 is 15.2 Å². The predicted octanol–water partition coefficient (Wildman–Crippen LogP) is 2.65. The lowest BCUT2D eigenvalue weighted by atomic mass is 9.94. The molecule has 2 rings (SSSR count). The van der Waals surface area contributed by atoms with Crippen LogP contribution in [0.5, 0.6) is 5.75 Å². The second-order valence-electron chi connectivity index (χ2n) is 6.09. The van der Waals surface area contributed by atoms with E-state index in [2.05, 4.69) is 19.2 Å². The van der Waals surface area contributed by atoms with Crippen LogP contribution in [0.25, 0.3) is 0 Å². The van der Waals surface area contributed by atoms with Gasteiger partial charge >= 0.3 is 0 Å². The summed E-state index contributed by atoms with van der Waals surface area (Å²) in [6.07, 6.45) is 2.21. The number of halogens is 1. The zero-order chi connectivity index (χ0) is 14.8. The summed E-state index contributed by atoms with van der Waals surface area (Å²) in [6.45, 7) is 6.39. The van der Waals surface area contributed by atoms with Gasteiger partial charge in [-0.2, -0.15) is 0 Å². The second-order valence-corrected chi connectivity index (χ2v) is 6.09. The predicted molar refractivity (Wildman–Crippen MR) is 77.4 cm³/mol. The molecule has 0 aliphatic heterocycles. The van der Waals surface area contributed by atoms with E-state index in [4.69, 9.17) is 4.74 Å². The van der Waals surface area contributed by atoms with Crippen molar-refractivity contribution in [1.82, 2.24) is 5.32 Å². The molecule has 0 saturated heterocycles. The highest BCUT2D eigenvalue weighted by atomic mass is 19.1. The zero-order valence-electron chi connectivity index (χ0n) is 12.4. The molecule has 1 fully saturated rings. The van der Waals surface area contributed by atoms with Crippen molar-refractivity contribution in [3.63, 3.8) is 0 Å². The third-order valence-corrected chi connectivity index (χ3v) is 3.85. The van der Waals surface area contributed by atoms with Crippen LogP contribution in [0.4, 0.5) is 4.39 Å². The average molecular weight is 281 g/mol. The summed E-state index contributed by atoms with van der Waals surface area (Å²) in [6, 6.07) is 4.80. The van der Waals surface area contributed by atoms with Crippen molar-refractivity contribution < 1.29 is 14.2 Å². The monoisotopic (exact) mass is 281 g/mol. The number of rotatable bonds is 7. The van der Waals surface area contributed by atoms with Crippen LogP contribution < -0.4 is 10.1 Å². The highest BCUT2D eigenvalue weighted by molar-refractivity contribution is 5.32. The molecule has 0 bridgehead atoms. The first-order chi connectivity index (χ1) is 9.47. The van der Waals surface area contributed by atoms with E-state index in [1.807, 2.05) is 6.92 Å². The van der Waals surface area contributed by atoms with Crippen molar-refractivity contribution in [3.05, 3.63) is 29.6 Å². The lowest BCUT2D eigenvalue weighted by molar-refractivity contribution is 0.0774. The smallest absolute Gasteiger partial charge is 0.126 e. The van der Waals surface area contributed by atoms with E-state index in [1.54, 1.807) is 6.07 Å². The Bertz CT molecular complexity index is 460. The Morgan fingerprint density at radius 1 is 1.45 bits per heavy atom. The first-order valence-corrected chi connectivity index (χ1v) is 7.24. The Kier molecular flexibility index (Phi) is 4.66. The van der Waals surface area contributed by atoms with Gasteiger partial charge in [-0.05, 0) is 37.3 Å². The fourth-order valence-electron chi connectivity index (χ4n) is 2.64. The molecule has 4 heteroatoms. The molecule has 0 heterocycles. The average Bonchev–Trinajstić information content (AvgIpc) is 3.22. The topological polar surface area (TPSA) is 41.5 Å². The quantitative estimate of drug-likeness (QED) is 0.807. The van der Waals surface area contributed by atoms with Crippen LogP contribution in [0.3, 0.4) is 0 Å². The summed E-state index contributed by atoms with van der Waals surface area (Å²) in [7, 11) is 0. The molecule has 0 spiro atoms. The molecule has 20 heavy (non-hydrogen) atoms. The molecule has 1 aliphatic carbocycles. The third kappa shape index (κ3) is 3.49. The van der Waals surface area contributed by atoms with Crippen LogP contribution >= 0.6 is 0 Å². The van der Waals surface area contributed by atoms with Gasteiger partial charge in [0.1, 0.15) is 18.2 Å². The van der Waals surface area contributed by atoms with Gasteiger partial charge in [0.25, 0.3) is 0 Å². The summed E-state index contributed by atoms with van der Waals surface area (Å²) >= 11 is 0. The number of hydrogen-bond donors (Lipinski definition) is 2. The van der Waals surface area contributed by atoms with Crippen LogP contribution in [0.1, 0.15) is 32.3 Å². The summed E-state index contributed by atoms with van der Waals surface area (Å²) in [5.74, 6) is 0.682. The molecule has 1 aromatic rings. The van der Waals surface area contributed by atoms with E-state index in [1.165, 1.54) is 12.1 Å². The number of hydrogen-bond acceptors (Lipinski definition) is 3. The first-order valence-electron chi connectivity index (χ1n) is 7.24. The van der Waals surface area contributed by atoms with E-state index < -0.39 is 5.54 Å². The minimum Gasteiger partial charge on any atom is -0.491 e. The number of benzene rings is 1. The number of ether oxygens (including phenoxy) is 1. The normalized spacial score (nSPS) is 18.1. The van der Waals surface area contributed by atoms with Crippen molar-refractivity contribution >= 4 is 0 Å². The first kappa shape index (κ1) is 15.3. The van der Waals surface area contributed by atoms with Crippen molar-refractivity contribution in [2.75, 3.05) is 13.2 Å². The van der Waals surface area contributed by atoms with Gasteiger partial charge in [0, 0.05) is 12.1 Å². The highest BCUT2D eigenvalue weighted by Gasteiger charge is 2.45. The van der Waals surface area contributed by atoms with E-state index >= 15 is 0 Å². The summed E-state index contributed by atoms with van der Waals surface area (Å²) in [5.41, 5.74) is 0.478. The molecule has 3 nitrogen and oxygen atoms in total. The lowest BCUT2D eigenvalue weighted by Gasteiger charge is -2.35. The van der Waals surface area contributed by atoms with Crippen molar-refractivity contribution in [2.45, 2.75) is 45.2 Å². The van der Waals surface area contributed by atoms with E-state index in [-0.39, 0.29) is 18.5 Å². The summed E-state index contributed by atoms with van der Waals surface area (Å²) in [4.78, 5) is 0. The molecule has 112 valence electrons. The molecule has 1 unspecified atom stereocenters. The second kappa shape index (κ2) is 6.10. The molecular formula is C16H24FNO2. The Morgan fingerprint density at radius 3 is 2.70 bits per heavy atom. The molecule has 1 aliphatic rings. The Hall–Kier alpha value is -1.13. The maximum Gasteiger partial charge on any atom is 0.126 e.